The molecule has 6 nitrogen and oxygen atoms in total. The van der Waals surface area contributed by atoms with Gasteiger partial charge in [-0.15, -0.1) is 0 Å². The monoisotopic (exact) mass is 382 g/mol. The first-order chi connectivity index (χ1) is 13.1. The fourth-order valence-electron chi connectivity index (χ4n) is 2.24. The van der Waals surface area contributed by atoms with Crippen LogP contribution in [-0.2, 0) is 6.61 Å². The van der Waals surface area contributed by atoms with Gasteiger partial charge in [0, 0.05) is 0 Å². The number of benzene rings is 2. The minimum absolute atomic E-state index is 0.260. The third-order valence-corrected chi connectivity index (χ3v) is 3.88. The maximum atomic E-state index is 5.72. The fraction of sp³-hybridized carbons (Fsp3) is 0.250. The summed E-state index contributed by atoms with van der Waals surface area (Å²) in [6, 6.07) is 17.3. The molecule has 7 heteroatoms. The van der Waals surface area contributed by atoms with Gasteiger partial charge in [-0.25, -0.2) is 5.10 Å². The van der Waals surface area contributed by atoms with Crippen LogP contribution < -0.4 is 9.47 Å². The number of aromatic amines is 1. The molecule has 0 aliphatic heterocycles. The minimum Gasteiger partial charge on any atom is -0.493 e. The molecule has 0 fully saturated rings. The molecule has 1 aromatic heterocycles. The van der Waals surface area contributed by atoms with Crippen molar-refractivity contribution in [3.8, 4) is 11.5 Å². The van der Waals surface area contributed by atoms with Gasteiger partial charge in [0.05, 0.1) is 12.8 Å². The molecule has 0 unspecified atom stereocenters. The third kappa shape index (κ3) is 5.52. The highest BCUT2D eigenvalue weighted by atomic mass is 32.1. The molecule has 0 saturated carbocycles. The van der Waals surface area contributed by atoms with Gasteiger partial charge in [-0.1, -0.05) is 32.0 Å². The van der Waals surface area contributed by atoms with Crippen molar-refractivity contribution in [3.05, 3.63) is 70.8 Å². The first-order valence-corrected chi connectivity index (χ1v) is 9.14. The molecule has 0 atom stereocenters. The Hall–Kier alpha value is -2.93. The van der Waals surface area contributed by atoms with Gasteiger partial charge in [-0.2, -0.15) is 14.9 Å². The topological polar surface area (TPSA) is 64.4 Å². The predicted molar refractivity (Wildman–Crippen MR) is 108 cm³/mol. The van der Waals surface area contributed by atoms with Gasteiger partial charge < -0.3 is 9.47 Å². The molecule has 1 N–H and O–H groups in total. The van der Waals surface area contributed by atoms with Crippen LogP contribution in [0.1, 0.15) is 25.2 Å². The summed E-state index contributed by atoms with van der Waals surface area (Å²) in [5.74, 6) is 2.69. The molecule has 0 radical (unpaired) electrons. The summed E-state index contributed by atoms with van der Waals surface area (Å²) in [5.41, 5.74) is 0.935. The van der Waals surface area contributed by atoms with Gasteiger partial charge in [-0.3, -0.25) is 0 Å². The van der Waals surface area contributed by atoms with Crippen LogP contribution in [0, 0.1) is 10.7 Å². The van der Waals surface area contributed by atoms with Gasteiger partial charge in [0.2, 0.25) is 4.77 Å². The summed E-state index contributed by atoms with van der Waals surface area (Å²) in [4.78, 5) is 0. The number of nitrogens with one attached hydrogen (secondary N) is 1. The summed E-state index contributed by atoms with van der Waals surface area (Å²) in [7, 11) is 0. The molecular formula is C20H22N4O2S. The van der Waals surface area contributed by atoms with Crippen molar-refractivity contribution in [2.75, 3.05) is 6.61 Å². The number of H-pyrrole nitrogens is 1. The molecule has 1 heterocycles. The van der Waals surface area contributed by atoms with E-state index in [9.17, 15) is 0 Å². The average molecular weight is 382 g/mol. The van der Waals surface area contributed by atoms with E-state index in [0.29, 0.717) is 23.1 Å². The Kier molecular flexibility index (Phi) is 6.38. The molecule has 0 saturated heterocycles. The summed E-state index contributed by atoms with van der Waals surface area (Å²) in [6.45, 7) is 5.20. The zero-order valence-electron chi connectivity index (χ0n) is 15.3. The molecule has 140 valence electrons. The van der Waals surface area contributed by atoms with Gasteiger partial charge in [-0.05, 0) is 60.1 Å². The first-order valence-electron chi connectivity index (χ1n) is 8.73. The molecule has 3 aromatic rings. The second-order valence-corrected chi connectivity index (χ2v) is 6.76. The largest absolute Gasteiger partial charge is 0.493 e. The second kappa shape index (κ2) is 9.14. The van der Waals surface area contributed by atoms with Gasteiger partial charge in [0.25, 0.3) is 0 Å². The zero-order valence-corrected chi connectivity index (χ0v) is 16.1. The summed E-state index contributed by atoms with van der Waals surface area (Å²) in [6.07, 6.45) is 1.73. The van der Waals surface area contributed by atoms with Crippen molar-refractivity contribution < 1.29 is 9.47 Å². The maximum Gasteiger partial charge on any atom is 0.216 e. The van der Waals surface area contributed by atoms with Crippen LogP contribution in [0.5, 0.6) is 11.5 Å². The lowest BCUT2D eigenvalue weighted by Gasteiger charge is -2.08. The lowest BCUT2D eigenvalue weighted by atomic mass is 10.2. The first kappa shape index (κ1) is 18.8. The van der Waals surface area contributed by atoms with Crippen molar-refractivity contribution >= 4 is 18.4 Å². The number of hydrogen-bond acceptors (Lipinski definition) is 5. The van der Waals surface area contributed by atoms with E-state index in [0.717, 1.165) is 17.1 Å². The highest BCUT2D eigenvalue weighted by Crippen LogP contribution is 2.13. The van der Waals surface area contributed by atoms with Gasteiger partial charge in [0.15, 0.2) is 5.82 Å². The van der Waals surface area contributed by atoms with Crippen LogP contribution in [0.4, 0.5) is 0 Å². The van der Waals surface area contributed by atoms with Crippen molar-refractivity contribution in [1.29, 1.82) is 0 Å². The van der Waals surface area contributed by atoms with Crippen molar-refractivity contribution in [2.24, 2.45) is 11.0 Å². The Morgan fingerprint density at radius 1 is 1.07 bits per heavy atom. The van der Waals surface area contributed by atoms with Crippen molar-refractivity contribution in [3.63, 3.8) is 0 Å². The number of hydrogen-bond donors (Lipinski definition) is 1. The lowest BCUT2D eigenvalue weighted by Crippen LogP contribution is -2.05. The average Bonchev–Trinajstić information content (AvgIpc) is 3.04. The number of rotatable bonds is 8. The number of aromatic nitrogens is 3. The van der Waals surface area contributed by atoms with E-state index in [4.69, 9.17) is 21.7 Å². The Morgan fingerprint density at radius 3 is 2.48 bits per heavy atom. The Balaban J connectivity index is 1.66. The quantitative estimate of drug-likeness (QED) is 0.462. The Labute approximate surface area is 163 Å². The molecule has 27 heavy (non-hydrogen) atoms. The summed E-state index contributed by atoms with van der Waals surface area (Å²) in [5, 5.41) is 11.4. The molecule has 0 aliphatic rings. The van der Waals surface area contributed by atoms with E-state index in [1.54, 1.807) is 10.9 Å². The summed E-state index contributed by atoms with van der Waals surface area (Å²) < 4.78 is 13.4. The number of nitrogens with zero attached hydrogens (tertiary/aromatic N) is 3. The normalized spacial score (nSPS) is 11.2. The van der Waals surface area contributed by atoms with E-state index in [1.165, 1.54) is 0 Å². The molecule has 0 spiro atoms. The smallest absolute Gasteiger partial charge is 0.216 e. The van der Waals surface area contributed by atoms with Crippen molar-refractivity contribution in [2.45, 2.75) is 20.5 Å². The van der Waals surface area contributed by atoms with Crippen molar-refractivity contribution in [1.82, 2.24) is 14.9 Å². The minimum atomic E-state index is 0.260. The molecule has 0 amide bonds. The molecular weight excluding hydrogens is 360 g/mol. The van der Waals surface area contributed by atoms with Crippen LogP contribution in [0.15, 0.2) is 59.7 Å². The van der Waals surface area contributed by atoms with E-state index >= 15 is 0 Å². The van der Waals surface area contributed by atoms with E-state index in [2.05, 4.69) is 29.1 Å². The predicted octanol–water partition coefficient (Wildman–Crippen LogP) is 4.44. The number of para-hydroxylation sites is 1. The standard InChI is InChI=1S/C20H22N4O2S/c1-15(2)13-25-18-10-8-16(9-11-18)12-21-24-19(22-23-20(24)27)14-26-17-6-4-3-5-7-17/h3-12,15H,13-14H2,1-2H3,(H,23,27)/b21-12-. The molecule has 3 rings (SSSR count). The zero-order chi connectivity index (χ0) is 19.1. The highest BCUT2D eigenvalue weighted by Gasteiger charge is 2.06. The number of ether oxygens (including phenoxy) is 2. The fourth-order valence-corrected chi connectivity index (χ4v) is 2.44. The Morgan fingerprint density at radius 2 is 1.78 bits per heavy atom. The van der Waals surface area contributed by atoms with Crippen LogP contribution in [0.2, 0.25) is 0 Å². The third-order valence-electron chi connectivity index (χ3n) is 3.61. The maximum absolute atomic E-state index is 5.72. The molecule has 0 bridgehead atoms. The second-order valence-electron chi connectivity index (χ2n) is 6.38. The molecule has 0 aliphatic carbocycles. The van der Waals surface area contributed by atoms with Crippen LogP contribution in [-0.4, -0.2) is 27.7 Å². The highest BCUT2D eigenvalue weighted by molar-refractivity contribution is 7.71. The van der Waals surface area contributed by atoms with Gasteiger partial charge in [0.1, 0.15) is 18.1 Å². The lowest BCUT2D eigenvalue weighted by molar-refractivity contribution is 0.271. The van der Waals surface area contributed by atoms with Crippen LogP contribution in [0.3, 0.4) is 0 Å². The van der Waals surface area contributed by atoms with Crippen LogP contribution >= 0.6 is 12.2 Å². The van der Waals surface area contributed by atoms with Gasteiger partial charge >= 0.3 is 0 Å². The van der Waals surface area contributed by atoms with E-state index < -0.39 is 0 Å². The van der Waals surface area contributed by atoms with Crippen LogP contribution in [0.25, 0.3) is 0 Å². The van der Waals surface area contributed by atoms with E-state index in [-0.39, 0.29) is 6.61 Å². The van der Waals surface area contributed by atoms with E-state index in [1.807, 2.05) is 54.6 Å². The molecule has 2 aromatic carbocycles. The summed E-state index contributed by atoms with van der Waals surface area (Å²) >= 11 is 5.25. The Bertz CT molecular complexity index is 931. The SMILES string of the molecule is CC(C)COc1ccc(/C=N\n2c(COc3ccccc3)n[nH]c2=S)cc1.